The van der Waals surface area contributed by atoms with E-state index < -0.39 is 0 Å². The van der Waals surface area contributed by atoms with E-state index >= 15 is 0 Å². The highest BCUT2D eigenvalue weighted by molar-refractivity contribution is 6.11. The van der Waals surface area contributed by atoms with Gasteiger partial charge in [0, 0.05) is 11.1 Å². The molecule has 0 radical (unpaired) electrons. The zero-order chi connectivity index (χ0) is 21.3. The highest BCUT2D eigenvalue weighted by Crippen LogP contribution is 2.32. The summed E-state index contributed by atoms with van der Waals surface area (Å²) in [5.41, 5.74) is 1.37. The third-order valence-electron chi connectivity index (χ3n) is 4.78. The van der Waals surface area contributed by atoms with Gasteiger partial charge in [0.05, 0.1) is 25.9 Å². The number of hydrogen-bond donors (Lipinski definition) is 1. The Kier molecular flexibility index (Phi) is 7.33. The van der Waals surface area contributed by atoms with Crippen LogP contribution in [-0.4, -0.2) is 31.2 Å². The quantitative estimate of drug-likeness (QED) is 0.371. The predicted molar refractivity (Wildman–Crippen MR) is 116 cm³/mol. The van der Waals surface area contributed by atoms with Crippen molar-refractivity contribution < 1.29 is 24.1 Å². The Bertz CT molecular complexity index is 982. The molecule has 0 bridgehead atoms. The molecule has 0 aromatic heterocycles. The van der Waals surface area contributed by atoms with Gasteiger partial charge in [-0.3, -0.25) is 4.79 Å². The van der Waals surface area contributed by atoms with Crippen LogP contribution in [0.5, 0.6) is 23.0 Å². The van der Waals surface area contributed by atoms with Crippen molar-refractivity contribution in [1.29, 1.82) is 0 Å². The van der Waals surface area contributed by atoms with Crippen LogP contribution in [0.1, 0.15) is 34.3 Å². The van der Waals surface area contributed by atoms with Gasteiger partial charge in [-0.05, 0) is 44.0 Å². The maximum Gasteiger partial charge on any atom is 0.196 e. The first-order valence-electron chi connectivity index (χ1n) is 9.92. The smallest absolute Gasteiger partial charge is 0.196 e. The molecule has 0 aliphatic carbocycles. The number of ketones is 1. The lowest BCUT2D eigenvalue weighted by Crippen LogP contribution is -2.06. The summed E-state index contributed by atoms with van der Waals surface area (Å²) in [7, 11) is 1.62. The fourth-order valence-corrected chi connectivity index (χ4v) is 3.07. The summed E-state index contributed by atoms with van der Waals surface area (Å²) >= 11 is 0. The first-order chi connectivity index (χ1) is 14.6. The molecule has 1 N–H and O–H groups in total. The van der Waals surface area contributed by atoms with Crippen molar-refractivity contribution in [3.8, 4) is 23.0 Å². The van der Waals surface area contributed by atoms with Crippen LogP contribution in [-0.2, 0) is 0 Å². The zero-order valence-corrected chi connectivity index (χ0v) is 17.3. The van der Waals surface area contributed by atoms with Crippen LogP contribution in [0.4, 0.5) is 0 Å². The molecular formula is C25H26O5. The average Bonchev–Trinajstić information content (AvgIpc) is 2.79. The van der Waals surface area contributed by atoms with Gasteiger partial charge in [-0.1, -0.05) is 42.5 Å². The van der Waals surface area contributed by atoms with Crippen molar-refractivity contribution in [1.82, 2.24) is 0 Å². The van der Waals surface area contributed by atoms with Gasteiger partial charge in [-0.2, -0.15) is 0 Å². The monoisotopic (exact) mass is 406 g/mol. The van der Waals surface area contributed by atoms with Crippen LogP contribution in [0, 0.1) is 6.92 Å². The number of para-hydroxylation sites is 2. The van der Waals surface area contributed by atoms with Crippen molar-refractivity contribution in [2.24, 2.45) is 0 Å². The van der Waals surface area contributed by atoms with Crippen molar-refractivity contribution in [3.05, 3.63) is 83.4 Å². The van der Waals surface area contributed by atoms with Gasteiger partial charge >= 0.3 is 0 Å². The molecule has 3 aromatic carbocycles. The van der Waals surface area contributed by atoms with Gasteiger partial charge in [-0.15, -0.1) is 0 Å². The topological polar surface area (TPSA) is 65.0 Å². The number of methoxy groups -OCH3 is 1. The lowest BCUT2D eigenvalue weighted by atomic mass is 10.00. The molecule has 0 aliphatic rings. The molecule has 0 saturated heterocycles. The van der Waals surface area contributed by atoms with Crippen LogP contribution in [0.25, 0.3) is 0 Å². The fraction of sp³-hybridized carbons (Fsp3) is 0.240. The van der Waals surface area contributed by atoms with E-state index in [1.165, 1.54) is 0 Å². The minimum absolute atomic E-state index is 0.0409. The van der Waals surface area contributed by atoms with Gasteiger partial charge in [0.25, 0.3) is 0 Å². The van der Waals surface area contributed by atoms with Crippen LogP contribution < -0.4 is 14.2 Å². The lowest BCUT2D eigenvalue weighted by molar-refractivity contribution is 0.103. The number of aromatic hydroxyl groups is 1. The normalized spacial score (nSPS) is 10.5. The Morgan fingerprint density at radius 3 is 2.07 bits per heavy atom. The average molecular weight is 406 g/mol. The lowest BCUT2D eigenvalue weighted by Gasteiger charge is -2.13. The molecule has 0 saturated carbocycles. The number of carbonyl (C=O) groups excluding carboxylic acids is 1. The van der Waals surface area contributed by atoms with Crippen molar-refractivity contribution in [2.75, 3.05) is 20.3 Å². The zero-order valence-electron chi connectivity index (χ0n) is 17.3. The van der Waals surface area contributed by atoms with Gasteiger partial charge in [0.2, 0.25) is 0 Å². The number of unbranched alkanes of at least 4 members (excludes halogenated alkanes) is 1. The summed E-state index contributed by atoms with van der Waals surface area (Å²) in [5, 5.41) is 10.5. The molecule has 0 unspecified atom stereocenters. The molecule has 30 heavy (non-hydrogen) atoms. The maximum atomic E-state index is 12.6. The fourth-order valence-electron chi connectivity index (χ4n) is 3.07. The maximum absolute atomic E-state index is 12.6. The molecule has 0 amide bonds. The number of ether oxygens (including phenoxy) is 3. The molecule has 0 spiro atoms. The predicted octanol–water partition coefficient (Wildman–Crippen LogP) is 5.18. The second-order valence-electron chi connectivity index (χ2n) is 6.83. The van der Waals surface area contributed by atoms with Crippen LogP contribution in [0.2, 0.25) is 0 Å². The minimum atomic E-state index is -0.212. The van der Waals surface area contributed by atoms with E-state index in [1.807, 2.05) is 30.3 Å². The standard InChI is InChI=1S/C25H26O5/c1-18-21(15-14-20(24(18)26)25(27)19-10-4-3-5-11-19)29-16-8-9-17-30-23-13-7-6-12-22(23)28-2/h3-7,10-15,26H,8-9,16-17H2,1-2H3. The molecule has 5 heteroatoms. The Morgan fingerprint density at radius 1 is 0.800 bits per heavy atom. The van der Waals surface area contributed by atoms with Gasteiger partial charge in [0.15, 0.2) is 17.3 Å². The van der Waals surface area contributed by atoms with E-state index in [1.54, 1.807) is 50.4 Å². The Morgan fingerprint density at radius 2 is 1.40 bits per heavy atom. The molecule has 0 fully saturated rings. The summed E-state index contributed by atoms with van der Waals surface area (Å²) in [4.78, 5) is 12.6. The summed E-state index contributed by atoms with van der Waals surface area (Å²) in [6.07, 6.45) is 1.60. The molecule has 0 heterocycles. The van der Waals surface area contributed by atoms with Crippen LogP contribution >= 0.6 is 0 Å². The van der Waals surface area contributed by atoms with Crippen LogP contribution in [0.3, 0.4) is 0 Å². The van der Waals surface area contributed by atoms with E-state index in [0.717, 1.165) is 18.6 Å². The van der Waals surface area contributed by atoms with E-state index in [-0.39, 0.29) is 17.1 Å². The summed E-state index contributed by atoms with van der Waals surface area (Å²) in [6.45, 7) is 2.79. The highest BCUT2D eigenvalue weighted by Gasteiger charge is 2.17. The summed E-state index contributed by atoms with van der Waals surface area (Å²) in [5.74, 6) is 1.75. The second-order valence-corrected chi connectivity index (χ2v) is 6.83. The van der Waals surface area contributed by atoms with Gasteiger partial charge in [0.1, 0.15) is 11.5 Å². The number of rotatable bonds is 10. The van der Waals surface area contributed by atoms with Crippen molar-refractivity contribution in [3.63, 3.8) is 0 Å². The number of phenolic OH excluding ortho intramolecular Hbond substituents is 1. The van der Waals surface area contributed by atoms with Crippen molar-refractivity contribution in [2.45, 2.75) is 19.8 Å². The van der Waals surface area contributed by atoms with E-state index in [2.05, 4.69) is 0 Å². The third kappa shape index (κ3) is 5.11. The SMILES string of the molecule is COc1ccccc1OCCCCOc1ccc(C(=O)c2ccccc2)c(O)c1C. The molecule has 3 rings (SSSR count). The third-order valence-corrected chi connectivity index (χ3v) is 4.78. The molecular weight excluding hydrogens is 380 g/mol. The number of carbonyl (C=O) groups is 1. The number of benzene rings is 3. The Balaban J connectivity index is 1.50. The van der Waals surface area contributed by atoms with Gasteiger partial charge in [-0.25, -0.2) is 0 Å². The first-order valence-corrected chi connectivity index (χ1v) is 9.92. The van der Waals surface area contributed by atoms with E-state index in [9.17, 15) is 9.90 Å². The Labute approximate surface area is 176 Å². The summed E-state index contributed by atoms with van der Waals surface area (Å²) < 4.78 is 16.8. The number of phenols is 1. The molecule has 0 atom stereocenters. The molecule has 156 valence electrons. The number of hydrogen-bond acceptors (Lipinski definition) is 5. The largest absolute Gasteiger partial charge is 0.507 e. The first kappa shape index (κ1) is 21.2. The molecule has 5 nitrogen and oxygen atoms in total. The van der Waals surface area contributed by atoms with E-state index in [4.69, 9.17) is 14.2 Å². The second kappa shape index (κ2) is 10.3. The van der Waals surface area contributed by atoms with Crippen LogP contribution in [0.15, 0.2) is 66.7 Å². The van der Waals surface area contributed by atoms with E-state index in [0.29, 0.717) is 35.8 Å². The Hall–Kier alpha value is -3.47. The minimum Gasteiger partial charge on any atom is -0.507 e. The van der Waals surface area contributed by atoms with Crippen molar-refractivity contribution >= 4 is 5.78 Å². The highest BCUT2D eigenvalue weighted by atomic mass is 16.5. The summed E-state index contributed by atoms with van der Waals surface area (Å²) in [6, 6.07) is 19.8. The van der Waals surface area contributed by atoms with Gasteiger partial charge < -0.3 is 19.3 Å². The molecule has 0 aliphatic heterocycles. The molecule has 3 aromatic rings.